The van der Waals surface area contributed by atoms with Crippen molar-refractivity contribution in [3.63, 3.8) is 0 Å². The summed E-state index contributed by atoms with van der Waals surface area (Å²) in [4.78, 5) is 16.6. The summed E-state index contributed by atoms with van der Waals surface area (Å²) >= 11 is 0. The van der Waals surface area contributed by atoms with Gasteiger partial charge < -0.3 is 4.98 Å². The van der Waals surface area contributed by atoms with Gasteiger partial charge in [0.15, 0.2) is 6.29 Å². The highest BCUT2D eigenvalue weighted by atomic mass is 19.1. The largest absolute Gasteiger partial charge is 0.346 e. The first-order valence-corrected chi connectivity index (χ1v) is 3.40. The first-order valence-electron chi connectivity index (χ1n) is 3.40. The standard InChI is InChI=1S/C8H5FN2O/c9-7-6(4-12)3-5-1-2-10-8(5)11-7/h1-4H,(H,10,11). The van der Waals surface area contributed by atoms with E-state index in [9.17, 15) is 9.18 Å². The van der Waals surface area contributed by atoms with E-state index in [0.29, 0.717) is 11.9 Å². The van der Waals surface area contributed by atoms with Crippen molar-refractivity contribution in [1.82, 2.24) is 9.97 Å². The van der Waals surface area contributed by atoms with Gasteiger partial charge in [0.05, 0.1) is 5.56 Å². The zero-order chi connectivity index (χ0) is 8.55. The third-order valence-electron chi connectivity index (χ3n) is 1.64. The van der Waals surface area contributed by atoms with Crippen LogP contribution >= 0.6 is 0 Å². The van der Waals surface area contributed by atoms with E-state index in [1.54, 1.807) is 12.3 Å². The second kappa shape index (κ2) is 2.41. The van der Waals surface area contributed by atoms with Crippen LogP contribution in [0.25, 0.3) is 11.0 Å². The second-order valence-electron chi connectivity index (χ2n) is 2.40. The number of halogens is 1. The highest BCUT2D eigenvalue weighted by Gasteiger charge is 2.04. The molecular weight excluding hydrogens is 159 g/mol. The molecule has 1 N–H and O–H groups in total. The first kappa shape index (κ1) is 6.97. The predicted molar refractivity (Wildman–Crippen MR) is 41.4 cm³/mol. The fraction of sp³-hybridized carbons (Fsp3) is 0. The average Bonchev–Trinajstić information content (AvgIpc) is 2.49. The summed E-state index contributed by atoms with van der Waals surface area (Å²) in [6.07, 6.45) is 2.10. The second-order valence-corrected chi connectivity index (χ2v) is 2.40. The van der Waals surface area contributed by atoms with Crippen LogP contribution in [0, 0.1) is 5.95 Å². The molecule has 0 spiro atoms. The maximum atomic E-state index is 12.8. The minimum Gasteiger partial charge on any atom is -0.346 e. The van der Waals surface area contributed by atoms with Gasteiger partial charge in [0.25, 0.3) is 0 Å². The molecule has 3 nitrogen and oxygen atoms in total. The van der Waals surface area contributed by atoms with Crippen LogP contribution in [-0.4, -0.2) is 16.3 Å². The van der Waals surface area contributed by atoms with E-state index >= 15 is 0 Å². The fourth-order valence-electron chi connectivity index (χ4n) is 1.06. The molecule has 0 radical (unpaired) electrons. The Morgan fingerprint density at radius 2 is 2.42 bits per heavy atom. The quantitative estimate of drug-likeness (QED) is 0.513. The van der Waals surface area contributed by atoms with Crippen molar-refractivity contribution in [3.8, 4) is 0 Å². The molecule has 2 rings (SSSR count). The number of aromatic nitrogens is 2. The number of hydrogen-bond donors (Lipinski definition) is 1. The molecule has 12 heavy (non-hydrogen) atoms. The number of fused-ring (bicyclic) bond motifs is 1. The van der Waals surface area contributed by atoms with Gasteiger partial charge in [-0.1, -0.05) is 0 Å². The maximum Gasteiger partial charge on any atom is 0.225 e. The number of carbonyl (C=O) groups excluding carboxylic acids is 1. The molecule has 0 saturated carbocycles. The van der Waals surface area contributed by atoms with Gasteiger partial charge >= 0.3 is 0 Å². The zero-order valence-corrected chi connectivity index (χ0v) is 6.04. The lowest BCUT2D eigenvalue weighted by Crippen LogP contribution is -1.91. The average molecular weight is 164 g/mol. The van der Waals surface area contributed by atoms with E-state index < -0.39 is 5.95 Å². The predicted octanol–water partition coefficient (Wildman–Crippen LogP) is 1.51. The Morgan fingerprint density at radius 3 is 3.17 bits per heavy atom. The highest BCUT2D eigenvalue weighted by Crippen LogP contribution is 2.12. The molecule has 0 aliphatic carbocycles. The van der Waals surface area contributed by atoms with E-state index in [-0.39, 0.29) is 5.56 Å². The molecule has 0 saturated heterocycles. The van der Waals surface area contributed by atoms with Crippen molar-refractivity contribution in [2.24, 2.45) is 0 Å². The SMILES string of the molecule is O=Cc1cc2cc[nH]c2nc1F. The Hall–Kier alpha value is -1.71. The lowest BCUT2D eigenvalue weighted by Gasteiger charge is -1.92. The van der Waals surface area contributed by atoms with E-state index in [1.807, 2.05) is 0 Å². The Kier molecular flexibility index (Phi) is 1.40. The molecule has 60 valence electrons. The number of nitrogens with one attached hydrogen (secondary N) is 1. The topological polar surface area (TPSA) is 45.8 Å². The van der Waals surface area contributed by atoms with Crippen molar-refractivity contribution in [2.45, 2.75) is 0 Å². The molecular formula is C8H5FN2O. The first-order chi connectivity index (χ1) is 5.81. The number of nitrogens with zero attached hydrogens (tertiary/aromatic N) is 1. The summed E-state index contributed by atoms with van der Waals surface area (Å²) in [7, 11) is 0. The monoisotopic (exact) mass is 164 g/mol. The van der Waals surface area contributed by atoms with Crippen LogP contribution in [0.2, 0.25) is 0 Å². The van der Waals surface area contributed by atoms with E-state index in [1.165, 1.54) is 6.07 Å². The Labute approximate surface area is 67.2 Å². The summed E-state index contributed by atoms with van der Waals surface area (Å²) in [5, 5.41) is 0.735. The number of aromatic amines is 1. The number of carbonyl (C=O) groups is 1. The van der Waals surface area contributed by atoms with Crippen molar-refractivity contribution in [3.05, 3.63) is 29.8 Å². The van der Waals surface area contributed by atoms with E-state index in [0.717, 1.165) is 5.39 Å². The van der Waals surface area contributed by atoms with Gasteiger partial charge in [0.1, 0.15) is 5.65 Å². The molecule has 2 aromatic heterocycles. The van der Waals surface area contributed by atoms with E-state index in [4.69, 9.17) is 0 Å². The van der Waals surface area contributed by atoms with Crippen LogP contribution in [0.4, 0.5) is 4.39 Å². The summed E-state index contributed by atoms with van der Waals surface area (Å²) in [5.74, 6) is -0.736. The van der Waals surface area contributed by atoms with Gasteiger partial charge in [-0.15, -0.1) is 0 Å². The molecule has 0 unspecified atom stereocenters. The third-order valence-corrected chi connectivity index (χ3v) is 1.64. The van der Waals surface area contributed by atoms with Crippen molar-refractivity contribution in [2.75, 3.05) is 0 Å². The van der Waals surface area contributed by atoms with Crippen LogP contribution in [-0.2, 0) is 0 Å². The van der Waals surface area contributed by atoms with Gasteiger partial charge in [-0.3, -0.25) is 4.79 Å². The Balaban J connectivity index is 2.81. The Bertz CT molecular complexity index is 436. The van der Waals surface area contributed by atoms with E-state index in [2.05, 4.69) is 9.97 Å². The van der Waals surface area contributed by atoms with Gasteiger partial charge in [-0.2, -0.15) is 4.39 Å². The molecule has 0 bridgehead atoms. The molecule has 4 heteroatoms. The minimum atomic E-state index is -0.736. The van der Waals surface area contributed by atoms with Gasteiger partial charge in [0.2, 0.25) is 5.95 Å². The summed E-state index contributed by atoms with van der Waals surface area (Å²) in [5.41, 5.74) is 0.445. The van der Waals surface area contributed by atoms with Gasteiger partial charge in [0, 0.05) is 11.6 Å². The number of hydrogen-bond acceptors (Lipinski definition) is 2. The summed E-state index contributed by atoms with van der Waals surface area (Å²) in [6.45, 7) is 0. The van der Waals surface area contributed by atoms with Gasteiger partial charge in [-0.25, -0.2) is 4.98 Å². The van der Waals surface area contributed by atoms with Crippen LogP contribution in [0.3, 0.4) is 0 Å². The molecule has 0 fully saturated rings. The lowest BCUT2D eigenvalue weighted by atomic mass is 10.2. The molecule has 0 aliphatic rings. The molecule has 0 aromatic carbocycles. The fourth-order valence-corrected chi connectivity index (χ4v) is 1.06. The highest BCUT2D eigenvalue weighted by molar-refractivity contribution is 5.84. The molecule has 0 aliphatic heterocycles. The molecule has 2 aromatic rings. The number of aldehydes is 1. The van der Waals surface area contributed by atoms with Crippen LogP contribution in [0.5, 0.6) is 0 Å². The minimum absolute atomic E-state index is 0.0119. The number of rotatable bonds is 1. The third kappa shape index (κ3) is 0.887. The Morgan fingerprint density at radius 1 is 1.58 bits per heavy atom. The van der Waals surface area contributed by atoms with Crippen molar-refractivity contribution < 1.29 is 9.18 Å². The molecule has 0 amide bonds. The molecule has 0 atom stereocenters. The normalized spacial score (nSPS) is 10.4. The van der Waals surface area contributed by atoms with Crippen molar-refractivity contribution >= 4 is 17.3 Å². The van der Waals surface area contributed by atoms with Crippen LogP contribution in [0.15, 0.2) is 18.3 Å². The number of H-pyrrole nitrogens is 1. The summed E-state index contributed by atoms with van der Waals surface area (Å²) < 4.78 is 12.8. The lowest BCUT2D eigenvalue weighted by molar-refractivity contribution is 0.111. The van der Waals surface area contributed by atoms with Crippen molar-refractivity contribution in [1.29, 1.82) is 0 Å². The smallest absolute Gasteiger partial charge is 0.225 e. The van der Waals surface area contributed by atoms with Gasteiger partial charge in [-0.05, 0) is 12.1 Å². The maximum absolute atomic E-state index is 12.8. The van der Waals surface area contributed by atoms with Crippen LogP contribution < -0.4 is 0 Å². The molecule has 2 heterocycles. The summed E-state index contributed by atoms with van der Waals surface area (Å²) in [6, 6.07) is 3.19. The zero-order valence-electron chi connectivity index (χ0n) is 6.04. The van der Waals surface area contributed by atoms with Crippen LogP contribution in [0.1, 0.15) is 10.4 Å². The number of pyridine rings is 1.